The third kappa shape index (κ3) is 19.1. The lowest BCUT2D eigenvalue weighted by molar-refractivity contribution is -0.0600. The van der Waals surface area contributed by atoms with Gasteiger partial charge in [-0.05, 0) is 32.1 Å². The Morgan fingerprint density at radius 1 is 0.821 bits per heavy atom. The number of unbranched alkanes of at least 4 members (excludes halogenated alkanes) is 12. The number of allylic oxidation sites excluding steroid dienone is 2. The summed E-state index contributed by atoms with van der Waals surface area (Å²) in [5.74, 6) is 0. The zero-order chi connectivity index (χ0) is 21.1. The van der Waals surface area contributed by atoms with Crippen molar-refractivity contribution < 1.29 is 29.1 Å². The predicted octanol–water partition coefficient (Wildman–Crippen LogP) is 5.25. The molecule has 0 aromatic rings. The lowest BCUT2D eigenvalue weighted by Gasteiger charge is -2.25. The summed E-state index contributed by atoms with van der Waals surface area (Å²) < 4.78 is 15.0. The van der Waals surface area contributed by atoms with Crippen LogP contribution in [0.25, 0.3) is 0 Å². The van der Waals surface area contributed by atoms with Gasteiger partial charge in [-0.1, -0.05) is 83.3 Å². The highest BCUT2D eigenvalue weighted by Gasteiger charge is 2.29. The second-order valence-corrected chi connectivity index (χ2v) is 9.07. The maximum absolute atomic E-state index is 10.7. The molecule has 7 heteroatoms. The summed E-state index contributed by atoms with van der Waals surface area (Å²) >= 11 is 0. The normalized spacial score (nSPS) is 14.6. The molecule has 4 N–H and O–H groups in total. The van der Waals surface area contributed by atoms with E-state index in [1.165, 1.54) is 57.8 Å². The van der Waals surface area contributed by atoms with Crippen LogP contribution in [0.2, 0.25) is 0 Å². The minimum atomic E-state index is -4.63. The zero-order valence-electron chi connectivity index (χ0n) is 17.7. The standard InChI is InChI=1S/C21H43O6P/c1-2-3-4-5-6-7-8-9-10-11-12-13-14-15-16-17-18-21(23,19-22)20-27-28(24,25)26/h9-10,22-23H,2-8,11-20H2,1H3,(H2,24,25,26)/b10-9-/t21-/m1/s1. The molecule has 0 aliphatic carbocycles. The van der Waals surface area contributed by atoms with E-state index in [1.807, 2.05) is 0 Å². The van der Waals surface area contributed by atoms with Crippen LogP contribution in [0.5, 0.6) is 0 Å². The van der Waals surface area contributed by atoms with Gasteiger partial charge in [-0.15, -0.1) is 0 Å². The summed E-state index contributed by atoms with van der Waals surface area (Å²) in [5.41, 5.74) is -1.58. The minimum Gasteiger partial charge on any atom is -0.393 e. The van der Waals surface area contributed by atoms with Gasteiger partial charge in [0.1, 0.15) is 5.60 Å². The smallest absolute Gasteiger partial charge is 0.393 e. The molecule has 0 bridgehead atoms. The first-order valence-corrected chi connectivity index (χ1v) is 12.5. The monoisotopic (exact) mass is 422 g/mol. The molecule has 28 heavy (non-hydrogen) atoms. The van der Waals surface area contributed by atoms with E-state index in [0.717, 1.165) is 25.7 Å². The fourth-order valence-electron chi connectivity index (χ4n) is 3.10. The summed E-state index contributed by atoms with van der Waals surface area (Å²) in [6, 6.07) is 0. The van der Waals surface area contributed by atoms with E-state index >= 15 is 0 Å². The molecular formula is C21H43O6P. The van der Waals surface area contributed by atoms with Gasteiger partial charge >= 0.3 is 7.82 Å². The fraction of sp³-hybridized carbons (Fsp3) is 0.905. The van der Waals surface area contributed by atoms with Gasteiger partial charge in [0.25, 0.3) is 0 Å². The van der Waals surface area contributed by atoms with Gasteiger partial charge in [-0.3, -0.25) is 4.52 Å². The van der Waals surface area contributed by atoms with Crippen molar-refractivity contribution >= 4 is 7.82 Å². The number of phosphoric ester groups is 1. The lowest BCUT2D eigenvalue weighted by Crippen LogP contribution is -2.38. The van der Waals surface area contributed by atoms with Crippen LogP contribution in [0.4, 0.5) is 0 Å². The second-order valence-electron chi connectivity index (χ2n) is 7.83. The second kappa shape index (κ2) is 17.6. The molecule has 0 fully saturated rings. The van der Waals surface area contributed by atoms with Crippen LogP contribution >= 0.6 is 7.82 Å². The third-order valence-corrected chi connectivity index (χ3v) is 5.42. The topological polar surface area (TPSA) is 107 Å². The van der Waals surface area contributed by atoms with Crippen molar-refractivity contribution in [1.82, 2.24) is 0 Å². The minimum absolute atomic E-state index is 0.269. The van der Waals surface area contributed by atoms with Gasteiger partial charge in [0.15, 0.2) is 0 Å². The van der Waals surface area contributed by atoms with Gasteiger partial charge in [0, 0.05) is 0 Å². The van der Waals surface area contributed by atoms with E-state index in [1.54, 1.807) is 0 Å². The Labute approximate surface area is 171 Å². The summed E-state index contributed by atoms with van der Waals surface area (Å²) in [5, 5.41) is 19.3. The van der Waals surface area contributed by atoms with Crippen LogP contribution in [0.1, 0.15) is 103 Å². The molecule has 1 atom stereocenters. The SMILES string of the molecule is CCCCCCCC/C=C\CCCCCCCC[C@@](O)(CO)COP(=O)(O)O. The van der Waals surface area contributed by atoms with E-state index in [4.69, 9.17) is 9.79 Å². The Morgan fingerprint density at radius 3 is 1.75 bits per heavy atom. The van der Waals surface area contributed by atoms with E-state index in [-0.39, 0.29) is 6.42 Å². The Hall–Kier alpha value is -0.230. The molecule has 0 saturated heterocycles. The molecule has 0 amide bonds. The maximum Gasteiger partial charge on any atom is 0.469 e. The summed E-state index contributed by atoms with van der Waals surface area (Å²) in [4.78, 5) is 17.4. The largest absolute Gasteiger partial charge is 0.469 e. The molecule has 0 heterocycles. The Morgan fingerprint density at radius 2 is 1.29 bits per heavy atom. The molecule has 0 rings (SSSR count). The van der Waals surface area contributed by atoms with Gasteiger partial charge in [0.05, 0.1) is 13.2 Å². The van der Waals surface area contributed by atoms with Crippen molar-refractivity contribution in [2.24, 2.45) is 0 Å². The predicted molar refractivity (Wildman–Crippen MR) is 114 cm³/mol. The van der Waals surface area contributed by atoms with Crippen LogP contribution in [0, 0.1) is 0 Å². The van der Waals surface area contributed by atoms with Crippen molar-refractivity contribution in [3.05, 3.63) is 12.2 Å². The molecule has 0 aromatic heterocycles. The van der Waals surface area contributed by atoms with Gasteiger partial charge in [-0.2, -0.15) is 0 Å². The first-order chi connectivity index (χ1) is 13.3. The maximum atomic E-state index is 10.7. The lowest BCUT2D eigenvalue weighted by atomic mass is 9.97. The van der Waals surface area contributed by atoms with E-state index in [0.29, 0.717) is 6.42 Å². The third-order valence-electron chi connectivity index (χ3n) is 4.95. The van der Waals surface area contributed by atoms with Gasteiger partial charge in [-0.25, -0.2) is 4.57 Å². The van der Waals surface area contributed by atoms with Crippen LogP contribution in [-0.4, -0.2) is 38.8 Å². The van der Waals surface area contributed by atoms with Crippen molar-refractivity contribution in [2.75, 3.05) is 13.2 Å². The Kier molecular flexibility index (Phi) is 17.5. The van der Waals surface area contributed by atoms with Crippen LogP contribution < -0.4 is 0 Å². The summed E-state index contributed by atoms with van der Waals surface area (Å²) in [6.45, 7) is 1.12. The molecule has 0 radical (unpaired) electrons. The number of phosphoric acid groups is 1. The van der Waals surface area contributed by atoms with Crippen LogP contribution in [-0.2, 0) is 9.09 Å². The molecular weight excluding hydrogens is 379 g/mol. The van der Waals surface area contributed by atoms with E-state index in [2.05, 4.69) is 23.6 Å². The molecule has 0 spiro atoms. The highest BCUT2D eigenvalue weighted by atomic mass is 31.2. The summed E-state index contributed by atoms with van der Waals surface area (Å²) in [6.07, 6.45) is 21.5. The molecule has 6 nitrogen and oxygen atoms in total. The fourth-order valence-corrected chi connectivity index (χ4v) is 3.51. The average Bonchev–Trinajstić information content (AvgIpc) is 2.65. The number of aliphatic hydroxyl groups excluding tert-OH is 1. The highest BCUT2D eigenvalue weighted by molar-refractivity contribution is 7.46. The van der Waals surface area contributed by atoms with Crippen molar-refractivity contribution in [1.29, 1.82) is 0 Å². The number of rotatable bonds is 20. The number of aliphatic hydroxyl groups is 2. The highest BCUT2D eigenvalue weighted by Crippen LogP contribution is 2.37. The van der Waals surface area contributed by atoms with E-state index < -0.39 is 26.6 Å². The van der Waals surface area contributed by atoms with Crippen molar-refractivity contribution in [3.8, 4) is 0 Å². The van der Waals surface area contributed by atoms with E-state index in [9.17, 15) is 14.8 Å². The quantitative estimate of drug-likeness (QED) is 0.121. The Bertz CT molecular complexity index is 423. The molecule has 0 saturated carbocycles. The molecule has 0 aliphatic rings. The number of hydrogen-bond acceptors (Lipinski definition) is 4. The van der Waals surface area contributed by atoms with Crippen LogP contribution in [0.15, 0.2) is 12.2 Å². The van der Waals surface area contributed by atoms with Crippen molar-refractivity contribution in [2.45, 2.75) is 109 Å². The number of hydrogen-bond donors (Lipinski definition) is 4. The summed E-state index contributed by atoms with van der Waals surface area (Å²) in [7, 11) is -4.63. The first-order valence-electron chi connectivity index (χ1n) is 11.0. The first kappa shape index (κ1) is 27.8. The Balaban J connectivity index is 3.49. The molecule has 0 aliphatic heterocycles. The van der Waals surface area contributed by atoms with Gasteiger partial charge in [0.2, 0.25) is 0 Å². The molecule has 0 unspecified atom stereocenters. The van der Waals surface area contributed by atoms with Gasteiger partial charge < -0.3 is 20.0 Å². The van der Waals surface area contributed by atoms with Crippen molar-refractivity contribution in [3.63, 3.8) is 0 Å². The zero-order valence-corrected chi connectivity index (χ0v) is 18.6. The average molecular weight is 423 g/mol. The molecule has 168 valence electrons. The van der Waals surface area contributed by atoms with Crippen LogP contribution in [0.3, 0.4) is 0 Å². The molecule has 0 aromatic carbocycles.